The van der Waals surface area contributed by atoms with Gasteiger partial charge in [-0.15, -0.1) is 44.8 Å². The predicted molar refractivity (Wildman–Crippen MR) is 41.8 cm³/mol. The molecule has 2 radical (unpaired) electrons. The lowest BCUT2D eigenvalue weighted by Gasteiger charge is -2.11. The molecule has 0 aromatic carbocycles. The maximum Gasteiger partial charge on any atom is 0.422 e. The summed E-state index contributed by atoms with van der Waals surface area (Å²) in [4.78, 5) is 2.36. The minimum atomic E-state index is -2.81. The second-order valence-electron chi connectivity index (χ2n) is 1.04. The molecule has 0 amide bonds. The second kappa shape index (κ2) is 3.54. The van der Waals surface area contributed by atoms with E-state index >= 15 is 0 Å². The number of hydrogen-bond acceptors (Lipinski definition) is 1. The van der Waals surface area contributed by atoms with Crippen molar-refractivity contribution in [1.82, 2.24) is 4.98 Å². The van der Waals surface area contributed by atoms with Crippen LogP contribution in [0.15, 0.2) is 0 Å². The van der Waals surface area contributed by atoms with Crippen LogP contribution in [-0.2, 0) is 0 Å². The largest absolute Gasteiger partial charge is 0.422 e. The SMILES string of the molecule is [B]C(Cl)N[Si](Cl)(Cl)Cl. The number of alkyl halides is 1. The fourth-order valence-corrected chi connectivity index (χ4v) is 2.52. The van der Waals surface area contributed by atoms with Gasteiger partial charge in [-0.25, -0.2) is 0 Å². The molecule has 1 atom stereocenters. The van der Waals surface area contributed by atoms with E-state index in [9.17, 15) is 0 Å². The summed E-state index contributed by atoms with van der Waals surface area (Å²) in [5.41, 5.74) is 0. The molecule has 0 fully saturated rings. The van der Waals surface area contributed by atoms with Crippen molar-refractivity contribution in [3.05, 3.63) is 0 Å². The molecule has 0 aromatic rings. The monoisotopic (exact) mass is 207 g/mol. The summed E-state index contributed by atoms with van der Waals surface area (Å²) in [5, 5.41) is -0.769. The van der Waals surface area contributed by atoms with Crippen molar-refractivity contribution < 1.29 is 0 Å². The molecule has 0 aromatic heterocycles. The zero-order chi connectivity index (χ0) is 6.78. The molecule has 0 rings (SSSR count). The van der Waals surface area contributed by atoms with E-state index in [0.717, 1.165) is 0 Å². The summed E-state index contributed by atoms with van der Waals surface area (Å²) in [6, 6.07) is 0. The van der Waals surface area contributed by atoms with E-state index in [1.165, 1.54) is 0 Å². The minimum Gasteiger partial charge on any atom is -0.294 e. The smallest absolute Gasteiger partial charge is 0.294 e. The van der Waals surface area contributed by atoms with Crippen molar-refractivity contribution in [1.29, 1.82) is 0 Å². The lowest BCUT2D eigenvalue weighted by molar-refractivity contribution is 1.10. The number of hydrogen-bond donors (Lipinski definition) is 1. The third kappa shape index (κ3) is 7.40. The molecule has 46 valence electrons. The molecule has 0 saturated carbocycles. The van der Waals surface area contributed by atoms with Crippen molar-refractivity contribution in [2.45, 2.75) is 5.40 Å². The van der Waals surface area contributed by atoms with E-state index in [0.29, 0.717) is 0 Å². The fraction of sp³-hybridized carbons (Fsp3) is 1.00. The molecule has 0 saturated heterocycles. The van der Waals surface area contributed by atoms with Crippen LogP contribution >= 0.6 is 44.8 Å². The number of rotatable bonds is 2. The molecule has 0 aliphatic rings. The lowest BCUT2D eigenvalue weighted by atomic mass is 10.2. The van der Waals surface area contributed by atoms with Gasteiger partial charge < -0.3 is 0 Å². The zero-order valence-corrected chi connectivity index (χ0v) is 7.69. The van der Waals surface area contributed by atoms with Gasteiger partial charge in [-0.3, -0.25) is 4.98 Å². The van der Waals surface area contributed by atoms with Crippen molar-refractivity contribution in [2.75, 3.05) is 0 Å². The summed E-state index contributed by atoms with van der Waals surface area (Å²) in [6.07, 6.45) is -2.81. The molecule has 0 heterocycles. The van der Waals surface area contributed by atoms with Crippen LogP contribution in [0.3, 0.4) is 0 Å². The van der Waals surface area contributed by atoms with E-state index in [2.05, 4.69) is 4.98 Å². The average molecular weight is 209 g/mol. The molecular weight excluding hydrogens is 207 g/mol. The maximum atomic E-state index is 5.32. The Labute approximate surface area is 69.2 Å². The van der Waals surface area contributed by atoms with Gasteiger partial charge in [-0.2, -0.15) is 0 Å². The van der Waals surface area contributed by atoms with Crippen molar-refractivity contribution in [2.24, 2.45) is 0 Å². The summed E-state index contributed by atoms with van der Waals surface area (Å²) in [7, 11) is 5.01. The van der Waals surface area contributed by atoms with Gasteiger partial charge in [-0.1, -0.05) is 0 Å². The highest BCUT2D eigenvalue weighted by Crippen LogP contribution is 2.16. The number of halogens is 4. The highest BCUT2D eigenvalue weighted by atomic mass is 35.8. The molecule has 8 heavy (non-hydrogen) atoms. The Morgan fingerprint density at radius 3 is 1.75 bits per heavy atom. The Morgan fingerprint density at radius 1 is 1.38 bits per heavy atom. The Balaban J connectivity index is 3.39. The first-order valence-corrected chi connectivity index (χ1v) is 7.13. The third-order valence-corrected chi connectivity index (χ3v) is 2.21. The van der Waals surface area contributed by atoms with Crippen LogP contribution in [-0.4, -0.2) is 19.4 Å². The molecule has 0 aliphatic heterocycles. The molecule has 7 heteroatoms. The maximum absolute atomic E-state index is 5.32. The van der Waals surface area contributed by atoms with Crippen LogP contribution in [0.25, 0.3) is 0 Å². The molecular formula is CH2BCl4NSi. The summed E-state index contributed by atoms with van der Waals surface area (Å²) in [6.45, 7) is 0. The van der Waals surface area contributed by atoms with Gasteiger partial charge in [0.15, 0.2) is 0 Å². The van der Waals surface area contributed by atoms with Crippen molar-refractivity contribution in [3.8, 4) is 0 Å². The van der Waals surface area contributed by atoms with Gasteiger partial charge >= 0.3 is 6.16 Å². The van der Waals surface area contributed by atoms with E-state index in [-0.39, 0.29) is 0 Å². The summed E-state index contributed by atoms with van der Waals surface area (Å²) in [5.74, 6) is 0. The van der Waals surface area contributed by atoms with Gasteiger partial charge in [0.05, 0.1) is 0 Å². The van der Waals surface area contributed by atoms with Crippen molar-refractivity contribution >= 4 is 58.8 Å². The summed E-state index contributed by atoms with van der Waals surface area (Å²) < 4.78 is 0. The first-order valence-electron chi connectivity index (χ1n) is 1.66. The normalized spacial score (nSPS) is 16.0. The van der Waals surface area contributed by atoms with Crippen LogP contribution in [0.5, 0.6) is 0 Å². The summed E-state index contributed by atoms with van der Waals surface area (Å²) >= 11 is 21.2. The topological polar surface area (TPSA) is 12.0 Å². The highest BCUT2D eigenvalue weighted by molar-refractivity contribution is 7.63. The van der Waals surface area contributed by atoms with Gasteiger partial charge in [0.1, 0.15) is 7.85 Å². The van der Waals surface area contributed by atoms with Gasteiger partial charge in [-0.05, 0) is 0 Å². The van der Waals surface area contributed by atoms with Crippen LogP contribution in [0.4, 0.5) is 0 Å². The predicted octanol–water partition coefficient (Wildman–Crippen LogP) is 1.42. The second-order valence-corrected chi connectivity index (χ2v) is 9.64. The third-order valence-electron chi connectivity index (χ3n) is 0.302. The van der Waals surface area contributed by atoms with Crippen LogP contribution in [0.1, 0.15) is 0 Å². The van der Waals surface area contributed by atoms with E-state index in [1.807, 2.05) is 0 Å². The Kier molecular flexibility index (Phi) is 4.16. The molecule has 0 spiro atoms. The van der Waals surface area contributed by atoms with Crippen LogP contribution in [0.2, 0.25) is 0 Å². The van der Waals surface area contributed by atoms with Crippen LogP contribution in [0, 0.1) is 0 Å². The molecule has 0 aliphatic carbocycles. The standard InChI is InChI=1S/CH2BCl4NSi/c2-1(3)7-8(4,5)6/h1,7H. The first-order chi connectivity index (χ1) is 3.42. The van der Waals surface area contributed by atoms with E-state index in [1.54, 1.807) is 0 Å². The highest BCUT2D eigenvalue weighted by Gasteiger charge is 2.25. The van der Waals surface area contributed by atoms with E-state index < -0.39 is 11.6 Å². The molecule has 1 unspecified atom stereocenters. The lowest BCUT2D eigenvalue weighted by Crippen LogP contribution is -2.40. The average Bonchev–Trinajstić information content (AvgIpc) is 1.21. The van der Waals surface area contributed by atoms with Crippen molar-refractivity contribution in [3.63, 3.8) is 0 Å². The molecule has 0 bridgehead atoms. The number of nitrogens with one attached hydrogen (secondary N) is 1. The van der Waals surface area contributed by atoms with Crippen LogP contribution < -0.4 is 4.98 Å². The Hall–Kier alpha value is 1.40. The fourth-order valence-electron chi connectivity index (χ4n) is 0.156. The molecule has 1 N–H and O–H groups in total. The zero-order valence-electron chi connectivity index (χ0n) is 3.67. The minimum absolute atomic E-state index is 0.769. The Morgan fingerprint density at radius 2 is 1.75 bits per heavy atom. The molecule has 1 nitrogen and oxygen atoms in total. The first kappa shape index (κ1) is 9.40. The van der Waals surface area contributed by atoms with Gasteiger partial charge in [0, 0.05) is 5.40 Å². The van der Waals surface area contributed by atoms with Gasteiger partial charge in [0.25, 0.3) is 0 Å². The van der Waals surface area contributed by atoms with E-state index in [4.69, 9.17) is 52.7 Å². The Bertz CT molecular complexity index is 70.9. The quantitative estimate of drug-likeness (QED) is 0.313. The van der Waals surface area contributed by atoms with Gasteiger partial charge in [0.2, 0.25) is 0 Å².